The van der Waals surface area contributed by atoms with Crippen LogP contribution >= 0.6 is 11.6 Å². The van der Waals surface area contributed by atoms with Gasteiger partial charge in [0.1, 0.15) is 0 Å². The molecule has 0 radical (unpaired) electrons. The van der Waals surface area contributed by atoms with E-state index in [-0.39, 0.29) is 11.4 Å². The van der Waals surface area contributed by atoms with Crippen LogP contribution < -0.4 is 5.32 Å². The van der Waals surface area contributed by atoms with Crippen molar-refractivity contribution in [3.63, 3.8) is 0 Å². The predicted molar refractivity (Wildman–Crippen MR) is 110 cm³/mol. The molecule has 0 bridgehead atoms. The molecule has 2 amide bonds. The second-order valence-electron chi connectivity index (χ2n) is 8.94. The Morgan fingerprint density at radius 3 is 2.75 bits per heavy atom. The molecular formula is C21H29ClN4O2. The summed E-state index contributed by atoms with van der Waals surface area (Å²) >= 11 is 6.26. The molecule has 1 aliphatic carbocycles. The highest BCUT2D eigenvalue weighted by atomic mass is 35.5. The van der Waals surface area contributed by atoms with Crippen molar-refractivity contribution in [3.8, 4) is 0 Å². The number of halogens is 1. The van der Waals surface area contributed by atoms with Gasteiger partial charge in [-0.2, -0.15) is 5.10 Å². The Labute approximate surface area is 170 Å². The van der Waals surface area contributed by atoms with Crippen LogP contribution in [0.4, 0.5) is 4.79 Å². The van der Waals surface area contributed by atoms with Gasteiger partial charge in [0.2, 0.25) is 0 Å². The van der Waals surface area contributed by atoms with Gasteiger partial charge in [-0.1, -0.05) is 25.4 Å². The second kappa shape index (κ2) is 7.56. The molecule has 1 saturated heterocycles. The van der Waals surface area contributed by atoms with E-state index in [0.717, 1.165) is 48.9 Å². The van der Waals surface area contributed by atoms with Crippen molar-refractivity contribution in [3.05, 3.63) is 28.9 Å². The third-order valence-electron chi connectivity index (χ3n) is 6.63. The third-order valence-corrected chi connectivity index (χ3v) is 6.85. The molecule has 1 atom stereocenters. The molecule has 4 rings (SSSR count). The van der Waals surface area contributed by atoms with Crippen molar-refractivity contribution < 1.29 is 9.90 Å². The van der Waals surface area contributed by atoms with Gasteiger partial charge in [0, 0.05) is 30.0 Å². The summed E-state index contributed by atoms with van der Waals surface area (Å²) in [5, 5.41) is 22.8. The molecule has 1 unspecified atom stereocenters. The third kappa shape index (κ3) is 3.85. The Morgan fingerprint density at radius 1 is 1.36 bits per heavy atom. The molecule has 1 saturated carbocycles. The Morgan fingerprint density at radius 2 is 2.07 bits per heavy atom. The smallest absolute Gasteiger partial charge is 0.317 e. The Hall–Kier alpha value is -1.79. The standard InChI is InChI=1S/C21H29ClN4O2/c1-21(2,19(27)16-9-15(22)10-18-17(16)12-24-25-18)14-5-7-26(8-6-14)20(28)23-11-13-3-4-13/h9-10,12-14,19,27H,3-8,11H2,1-2H3,(H,23,28)(H,24,25). The number of piperidine rings is 1. The summed E-state index contributed by atoms with van der Waals surface area (Å²) in [5.74, 6) is 1.00. The lowest BCUT2D eigenvalue weighted by molar-refractivity contribution is -0.0142. The number of benzene rings is 1. The first kappa shape index (κ1) is 19.5. The molecule has 6 nitrogen and oxygen atoms in total. The largest absolute Gasteiger partial charge is 0.388 e. The molecule has 0 spiro atoms. The summed E-state index contributed by atoms with van der Waals surface area (Å²) in [6.45, 7) is 6.48. The first-order valence-corrected chi connectivity index (χ1v) is 10.6. The molecule has 2 aliphatic rings. The number of aromatic amines is 1. The Balaban J connectivity index is 1.43. The van der Waals surface area contributed by atoms with Crippen LogP contribution in [0, 0.1) is 17.3 Å². The molecule has 28 heavy (non-hydrogen) atoms. The minimum absolute atomic E-state index is 0.0543. The van der Waals surface area contributed by atoms with Crippen molar-refractivity contribution in [1.82, 2.24) is 20.4 Å². The van der Waals surface area contributed by atoms with Crippen molar-refractivity contribution in [2.45, 2.75) is 45.6 Å². The number of carbonyl (C=O) groups excluding carboxylic acids is 1. The molecule has 2 heterocycles. The first-order chi connectivity index (χ1) is 13.4. The van der Waals surface area contributed by atoms with Crippen LogP contribution in [0.5, 0.6) is 0 Å². The molecule has 2 fully saturated rings. The molecule has 3 N–H and O–H groups in total. The fourth-order valence-electron chi connectivity index (χ4n) is 4.38. The molecule has 1 aromatic heterocycles. The number of aliphatic hydroxyl groups excluding tert-OH is 1. The zero-order chi connectivity index (χ0) is 19.9. The summed E-state index contributed by atoms with van der Waals surface area (Å²) in [5.41, 5.74) is 1.30. The molecular weight excluding hydrogens is 376 g/mol. The Kier molecular flexibility index (Phi) is 5.27. The maximum Gasteiger partial charge on any atom is 0.317 e. The van der Waals surface area contributed by atoms with Crippen LogP contribution in [0.2, 0.25) is 5.02 Å². The molecule has 7 heteroatoms. The second-order valence-corrected chi connectivity index (χ2v) is 9.38. The summed E-state index contributed by atoms with van der Waals surface area (Å²) in [7, 11) is 0. The van der Waals surface area contributed by atoms with E-state index in [1.165, 1.54) is 12.8 Å². The molecule has 1 aromatic carbocycles. The van der Waals surface area contributed by atoms with Gasteiger partial charge >= 0.3 is 6.03 Å². The van der Waals surface area contributed by atoms with E-state index in [4.69, 9.17) is 11.6 Å². The van der Waals surface area contributed by atoms with Gasteiger partial charge in [0.15, 0.2) is 0 Å². The fourth-order valence-corrected chi connectivity index (χ4v) is 4.61. The zero-order valence-electron chi connectivity index (χ0n) is 16.5. The summed E-state index contributed by atoms with van der Waals surface area (Å²) in [4.78, 5) is 14.2. The average Bonchev–Trinajstić information content (AvgIpc) is 3.40. The van der Waals surface area contributed by atoms with Crippen LogP contribution in [0.25, 0.3) is 10.9 Å². The van der Waals surface area contributed by atoms with E-state index >= 15 is 0 Å². The maximum atomic E-state index is 12.3. The van der Waals surface area contributed by atoms with E-state index in [2.05, 4.69) is 29.4 Å². The number of hydrogen-bond donors (Lipinski definition) is 3. The zero-order valence-corrected chi connectivity index (χ0v) is 17.3. The molecule has 152 valence electrons. The number of rotatable bonds is 5. The van der Waals surface area contributed by atoms with Crippen molar-refractivity contribution >= 4 is 28.5 Å². The van der Waals surface area contributed by atoms with Gasteiger partial charge in [-0.25, -0.2) is 4.79 Å². The summed E-state index contributed by atoms with van der Waals surface area (Å²) < 4.78 is 0. The van der Waals surface area contributed by atoms with E-state index in [9.17, 15) is 9.90 Å². The number of nitrogens with zero attached hydrogens (tertiary/aromatic N) is 2. The number of carbonyl (C=O) groups is 1. The fraction of sp³-hybridized carbons (Fsp3) is 0.619. The van der Waals surface area contributed by atoms with Gasteiger partial charge < -0.3 is 15.3 Å². The molecule has 1 aliphatic heterocycles. The van der Waals surface area contributed by atoms with Gasteiger partial charge in [-0.3, -0.25) is 5.10 Å². The summed E-state index contributed by atoms with van der Waals surface area (Å²) in [6, 6.07) is 3.72. The van der Waals surface area contributed by atoms with E-state index in [1.807, 2.05) is 17.0 Å². The highest BCUT2D eigenvalue weighted by molar-refractivity contribution is 6.31. The summed E-state index contributed by atoms with van der Waals surface area (Å²) in [6.07, 6.45) is 5.33. The lowest BCUT2D eigenvalue weighted by Gasteiger charge is -2.43. The number of likely N-dealkylation sites (tertiary alicyclic amines) is 1. The topological polar surface area (TPSA) is 81.3 Å². The minimum atomic E-state index is -0.661. The number of fused-ring (bicyclic) bond motifs is 1. The van der Waals surface area contributed by atoms with Crippen molar-refractivity contribution in [2.24, 2.45) is 17.3 Å². The predicted octanol–water partition coefficient (Wildman–Crippen LogP) is 4.11. The van der Waals surface area contributed by atoms with Crippen LogP contribution in [-0.2, 0) is 0 Å². The lowest BCUT2D eigenvalue weighted by Crippen LogP contribution is -2.47. The quantitative estimate of drug-likeness (QED) is 0.701. The Bertz CT molecular complexity index is 853. The number of nitrogens with one attached hydrogen (secondary N) is 2. The van der Waals surface area contributed by atoms with Crippen LogP contribution in [0.1, 0.15) is 51.2 Å². The van der Waals surface area contributed by atoms with Gasteiger partial charge in [0.05, 0.1) is 17.8 Å². The first-order valence-electron chi connectivity index (χ1n) is 10.2. The number of hydrogen-bond acceptors (Lipinski definition) is 3. The van der Waals surface area contributed by atoms with Gasteiger partial charge in [0.25, 0.3) is 0 Å². The highest BCUT2D eigenvalue weighted by Gasteiger charge is 2.40. The lowest BCUT2D eigenvalue weighted by atomic mass is 9.68. The van der Waals surface area contributed by atoms with Crippen LogP contribution in [0.15, 0.2) is 18.3 Å². The van der Waals surface area contributed by atoms with Crippen molar-refractivity contribution in [2.75, 3.05) is 19.6 Å². The van der Waals surface area contributed by atoms with Gasteiger partial charge in [-0.15, -0.1) is 0 Å². The van der Waals surface area contributed by atoms with Crippen LogP contribution in [-0.4, -0.2) is 45.9 Å². The van der Waals surface area contributed by atoms with E-state index in [1.54, 1.807) is 6.20 Å². The average molecular weight is 405 g/mol. The van der Waals surface area contributed by atoms with Gasteiger partial charge in [-0.05, 0) is 60.6 Å². The normalized spacial score (nSPS) is 19.8. The number of H-pyrrole nitrogens is 1. The van der Waals surface area contributed by atoms with E-state index in [0.29, 0.717) is 16.9 Å². The number of aliphatic hydroxyl groups is 1. The number of amides is 2. The SMILES string of the molecule is CC(C)(C1CCN(C(=O)NCC2CC2)CC1)C(O)c1cc(Cl)cc2[nH]ncc12. The monoisotopic (exact) mass is 404 g/mol. The van der Waals surface area contributed by atoms with E-state index < -0.39 is 6.10 Å². The van der Waals surface area contributed by atoms with Crippen LogP contribution in [0.3, 0.4) is 0 Å². The number of urea groups is 1. The molecule has 2 aromatic rings. The highest BCUT2D eigenvalue weighted by Crippen LogP contribution is 2.46. The maximum absolute atomic E-state index is 12.3. The minimum Gasteiger partial charge on any atom is -0.388 e. The number of aromatic nitrogens is 2. The van der Waals surface area contributed by atoms with Crippen molar-refractivity contribution in [1.29, 1.82) is 0 Å².